The second-order valence-electron chi connectivity index (χ2n) is 4.87. The maximum atomic E-state index is 13.0. The van der Waals surface area contributed by atoms with Crippen LogP contribution >= 0.6 is 0 Å². The van der Waals surface area contributed by atoms with Gasteiger partial charge in [-0.05, 0) is 45.3 Å². The molecule has 0 aromatic heterocycles. The first-order valence-electron chi connectivity index (χ1n) is 6.01. The van der Waals surface area contributed by atoms with Crippen molar-refractivity contribution >= 4 is 5.69 Å². The number of hydrogen-bond donors (Lipinski definition) is 2. The van der Waals surface area contributed by atoms with Gasteiger partial charge >= 0.3 is 6.18 Å². The first kappa shape index (κ1) is 15.8. The van der Waals surface area contributed by atoms with Crippen molar-refractivity contribution < 1.29 is 13.2 Å². The Kier molecular flexibility index (Phi) is 5.20. The molecule has 19 heavy (non-hydrogen) atoms. The molecule has 0 saturated carbocycles. The Morgan fingerprint density at radius 1 is 1.32 bits per heavy atom. The molecule has 0 bridgehead atoms. The molecule has 1 unspecified atom stereocenters. The Morgan fingerprint density at radius 3 is 2.42 bits per heavy atom. The molecule has 0 radical (unpaired) electrons. The van der Waals surface area contributed by atoms with Crippen molar-refractivity contribution in [1.29, 1.82) is 0 Å². The van der Waals surface area contributed by atoms with Crippen molar-refractivity contribution in [2.45, 2.75) is 18.6 Å². The molecule has 0 saturated heterocycles. The van der Waals surface area contributed by atoms with E-state index in [1.807, 2.05) is 19.0 Å². The Hall–Kier alpha value is -1.27. The van der Waals surface area contributed by atoms with E-state index in [0.717, 1.165) is 6.07 Å². The first-order chi connectivity index (χ1) is 8.74. The molecule has 0 aliphatic heterocycles. The largest absolute Gasteiger partial charge is 0.416 e. The minimum absolute atomic E-state index is 0.0419. The monoisotopic (exact) mass is 275 g/mol. The zero-order chi connectivity index (χ0) is 14.6. The summed E-state index contributed by atoms with van der Waals surface area (Å²) in [6, 6.07) is 3.92. The number of rotatable bonds is 5. The normalized spacial score (nSPS) is 13.8. The zero-order valence-corrected chi connectivity index (χ0v) is 11.4. The highest BCUT2D eigenvalue weighted by atomic mass is 19.4. The number of hydrogen-bond acceptors (Lipinski definition) is 3. The number of nitrogens with one attached hydrogen (secondary N) is 1. The molecule has 3 nitrogen and oxygen atoms in total. The van der Waals surface area contributed by atoms with Gasteiger partial charge < -0.3 is 16.0 Å². The van der Waals surface area contributed by atoms with Gasteiger partial charge in [0.1, 0.15) is 0 Å². The second-order valence-corrected chi connectivity index (χ2v) is 4.87. The van der Waals surface area contributed by atoms with Gasteiger partial charge in [0.15, 0.2) is 0 Å². The highest BCUT2D eigenvalue weighted by Crippen LogP contribution is 2.33. The number of halogens is 3. The van der Waals surface area contributed by atoms with Crippen LogP contribution in [0, 0.1) is 0 Å². The number of nitrogens with two attached hydrogens (primary N) is 1. The quantitative estimate of drug-likeness (QED) is 0.807. The molecule has 1 rings (SSSR count). The molecule has 0 fully saturated rings. The Morgan fingerprint density at radius 2 is 1.95 bits per heavy atom. The summed E-state index contributed by atoms with van der Waals surface area (Å²) in [6.45, 7) is 0.665. The average Bonchev–Trinajstić information content (AvgIpc) is 2.28. The van der Waals surface area contributed by atoms with Crippen molar-refractivity contribution in [1.82, 2.24) is 10.2 Å². The number of anilines is 1. The van der Waals surface area contributed by atoms with E-state index in [1.165, 1.54) is 12.1 Å². The number of nitrogens with zero attached hydrogens (tertiary/aromatic N) is 1. The van der Waals surface area contributed by atoms with Crippen molar-refractivity contribution in [3.63, 3.8) is 0 Å². The molecule has 108 valence electrons. The van der Waals surface area contributed by atoms with Gasteiger partial charge in [0.2, 0.25) is 0 Å². The summed E-state index contributed by atoms with van der Waals surface area (Å²) in [7, 11) is 5.52. The van der Waals surface area contributed by atoms with Crippen LogP contribution in [0.4, 0.5) is 18.9 Å². The molecule has 0 aliphatic rings. The zero-order valence-electron chi connectivity index (χ0n) is 11.4. The summed E-state index contributed by atoms with van der Waals surface area (Å²) in [4.78, 5) is 1.94. The van der Waals surface area contributed by atoms with E-state index >= 15 is 0 Å². The number of nitrogen functional groups attached to an aromatic ring is 1. The maximum Gasteiger partial charge on any atom is 0.416 e. The summed E-state index contributed by atoms with van der Waals surface area (Å²) >= 11 is 0. The van der Waals surface area contributed by atoms with Crippen LogP contribution in [-0.2, 0) is 12.6 Å². The molecular formula is C13H20F3N3. The van der Waals surface area contributed by atoms with Crippen molar-refractivity contribution in [2.75, 3.05) is 33.4 Å². The standard InChI is InChI=1S/C13H20F3N3/c1-18-11(8-19(2)3)6-9-4-5-10(17)7-12(9)13(14,15)16/h4-5,7,11,18H,6,8,17H2,1-3H3. The van der Waals surface area contributed by atoms with E-state index in [9.17, 15) is 13.2 Å². The Bertz CT molecular complexity index is 416. The Balaban J connectivity index is 2.99. The predicted molar refractivity (Wildman–Crippen MR) is 71.0 cm³/mol. The van der Waals surface area contributed by atoms with E-state index < -0.39 is 11.7 Å². The summed E-state index contributed by atoms with van der Waals surface area (Å²) in [5, 5.41) is 3.03. The number of benzene rings is 1. The van der Waals surface area contributed by atoms with Gasteiger partial charge in [-0.2, -0.15) is 13.2 Å². The smallest absolute Gasteiger partial charge is 0.399 e. The Labute approximate surface area is 111 Å². The summed E-state index contributed by atoms with van der Waals surface area (Å²) < 4.78 is 38.9. The third-order valence-corrected chi connectivity index (χ3v) is 2.90. The van der Waals surface area contributed by atoms with Crippen LogP contribution in [0.3, 0.4) is 0 Å². The van der Waals surface area contributed by atoms with E-state index in [4.69, 9.17) is 5.73 Å². The van der Waals surface area contributed by atoms with Crippen LogP contribution in [0.25, 0.3) is 0 Å². The van der Waals surface area contributed by atoms with Crippen LogP contribution in [0.1, 0.15) is 11.1 Å². The summed E-state index contributed by atoms with van der Waals surface area (Å²) in [5.74, 6) is 0. The molecule has 1 aromatic rings. The molecule has 3 N–H and O–H groups in total. The van der Waals surface area contributed by atoms with Crippen LogP contribution < -0.4 is 11.1 Å². The van der Waals surface area contributed by atoms with Gasteiger partial charge in [-0.25, -0.2) is 0 Å². The van der Waals surface area contributed by atoms with Gasteiger partial charge in [0.05, 0.1) is 5.56 Å². The van der Waals surface area contributed by atoms with Gasteiger partial charge in [-0.1, -0.05) is 6.07 Å². The number of likely N-dealkylation sites (N-methyl/N-ethyl adjacent to an activating group) is 2. The summed E-state index contributed by atoms with van der Waals surface area (Å²) in [6.07, 6.45) is -4.06. The third-order valence-electron chi connectivity index (χ3n) is 2.90. The molecule has 0 amide bonds. The lowest BCUT2D eigenvalue weighted by atomic mass is 9.99. The van der Waals surface area contributed by atoms with E-state index in [2.05, 4.69) is 5.32 Å². The molecular weight excluding hydrogens is 255 g/mol. The highest BCUT2D eigenvalue weighted by molar-refractivity contribution is 5.46. The van der Waals surface area contributed by atoms with Gasteiger partial charge in [0, 0.05) is 18.3 Å². The van der Waals surface area contributed by atoms with E-state index in [-0.39, 0.29) is 17.3 Å². The minimum Gasteiger partial charge on any atom is -0.399 e. The topological polar surface area (TPSA) is 41.3 Å². The average molecular weight is 275 g/mol. The molecule has 6 heteroatoms. The minimum atomic E-state index is -4.37. The van der Waals surface area contributed by atoms with Gasteiger partial charge in [-0.3, -0.25) is 0 Å². The molecule has 0 heterocycles. The van der Waals surface area contributed by atoms with Gasteiger partial charge in [-0.15, -0.1) is 0 Å². The van der Waals surface area contributed by atoms with E-state index in [1.54, 1.807) is 7.05 Å². The van der Waals surface area contributed by atoms with Crippen LogP contribution in [-0.4, -0.2) is 38.6 Å². The lowest BCUT2D eigenvalue weighted by molar-refractivity contribution is -0.138. The summed E-state index contributed by atoms with van der Waals surface area (Å²) in [5.41, 5.74) is 5.19. The number of alkyl halides is 3. The second kappa shape index (κ2) is 6.25. The SMILES string of the molecule is CNC(Cc1ccc(N)cc1C(F)(F)F)CN(C)C. The van der Waals surface area contributed by atoms with Crippen LogP contribution in [0.5, 0.6) is 0 Å². The fourth-order valence-corrected chi connectivity index (χ4v) is 2.00. The van der Waals surface area contributed by atoms with Crippen LogP contribution in [0.15, 0.2) is 18.2 Å². The van der Waals surface area contributed by atoms with Crippen LogP contribution in [0.2, 0.25) is 0 Å². The van der Waals surface area contributed by atoms with Crippen molar-refractivity contribution in [2.24, 2.45) is 0 Å². The van der Waals surface area contributed by atoms with Crippen molar-refractivity contribution in [3.05, 3.63) is 29.3 Å². The fourth-order valence-electron chi connectivity index (χ4n) is 2.00. The van der Waals surface area contributed by atoms with Gasteiger partial charge in [0.25, 0.3) is 0 Å². The maximum absolute atomic E-state index is 13.0. The predicted octanol–water partition coefficient (Wildman–Crippen LogP) is 1.98. The lowest BCUT2D eigenvalue weighted by Crippen LogP contribution is -2.38. The molecule has 0 aliphatic carbocycles. The fraction of sp³-hybridized carbons (Fsp3) is 0.538. The molecule has 0 spiro atoms. The first-order valence-corrected chi connectivity index (χ1v) is 6.01. The van der Waals surface area contributed by atoms with E-state index in [0.29, 0.717) is 13.0 Å². The third kappa shape index (κ3) is 4.72. The highest BCUT2D eigenvalue weighted by Gasteiger charge is 2.33. The molecule has 1 atom stereocenters. The lowest BCUT2D eigenvalue weighted by Gasteiger charge is -2.22. The molecule has 1 aromatic carbocycles. The van der Waals surface area contributed by atoms with Crippen molar-refractivity contribution in [3.8, 4) is 0 Å².